The average molecular weight is 638 g/mol. The van der Waals surface area contributed by atoms with E-state index in [4.69, 9.17) is 14.4 Å². The monoisotopic (exact) mass is 637 g/mol. The summed E-state index contributed by atoms with van der Waals surface area (Å²) in [6.07, 6.45) is -1.67. The Bertz CT molecular complexity index is 1590. The molecule has 2 saturated heterocycles. The highest BCUT2D eigenvalue weighted by atomic mass is 32.2. The van der Waals surface area contributed by atoms with Crippen molar-refractivity contribution >= 4 is 27.6 Å². The number of benzene rings is 1. The van der Waals surface area contributed by atoms with E-state index in [1.165, 1.54) is 21.1 Å². The first kappa shape index (κ1) is 32.9. The predicted octanol–water partition coefficient (Wildman–Crippen LogP) is 3.69. The summed E-state index contributed by atoms with van der Waals surface area (Å²) in [4.78, 5) is 31.3. The van der Waals surface area contributed by atoms with Gasteiger partial charge in [-0.1, -0.05) is 23.4 Å². The molecule has 2 atom stereocenters. The van der Waals surface area contributed by atoms with Crippen molar-refractivity contribution in [2.75, 3.05) is 44.2 Å². The van der Waals surface area contributed by atoms with Gasteiger partial charge in [-0.05, 0) is 56.5 Å². The minimum Gasteiger partial charge on any atom is -0.475 e. The lowest BCUT2D eigenvalue weighted by Gasteiger charge is -2.38. The number of nitrogens with zero attached hydrogens (tertiary/aromatic N) is 5. The number of carbonyl (C=O) groups is 2. The van der Waals surface area contributed by atoms with Crippen molar-refractivity contribution in [2.24, 2.45) is 5.92 Å². The molecule has 15 heteroatoms. The Morgan fingerprint density at radius 1 is 1.02 bits per heavy atom. The highest BCUT2D eigenvalue weighted by Gasteiger charge is 2.46. The number of sulfonamides is 1. The standard InChI is InChI=1S/C27H33N5O4S.C2HF3O2/c1-18-7-8-19(2)25(14-18)30-10-12-31(13-11-30)27(33)24-17-32(16-23(24)22-6-5-9-28-15-22)37(34,35)26-20(3)29-36-21(26)4;3-2(4,5)1(6)7/h5-9,14-15,23-24H,10-13,16-17H2,1-4H3;(H,6,7)/t23?,24-;/m1./s1. The molecular weight excluding hydrogens is 603 g/mol. The van der Waals surface area contributed by atoms with Gasteiger partial charge in [-0.15, -0.1) is 0 Å². The maximum atomic E-state index is 13.9. The summed E-state index contributed by atoms with van der Waals surface area (Å²) in [7, 11) is -3.87. The number of aromatic nitrogens is 2. The second-order valence-corrected chi connectivity index (χ2v) is 12.8. The van der Waals surface area contributed by atoms with Gasteiger partial charge in [-0.3, -0.25) is 9.78 Å². The van der Waals surface area contributed by atoms with Crippen LogP contribution >= 0.6 is 0 Å². The van der Waals surface area contributed by atoms with E-state index in [0.29, 0.717) is 18.8 Å². The number of hydrogen-bond donors (Lipinski definition) is 1. The van der Waals surface area contributed by atoms with Gasteiger partial charge in [0.2, 0.25) is 15.9 Å². The molecule has 2 fully saturated rings. The van der Waals surface area contributed by atoms with E-state index in [2.05, 4.69) is 47.1 Å². The van der Waals surface area contributed by atoms with Crippen molar-refractivity contribution in [3.63, 3.8) is 0 Å². The Kier molecular flexibility index (Phi) is 9.68. The Hall–Kier alpha value is -3.98. The third-order valence-electron chi connectivity index (χ3n) is 7.82. The first-order valence-corrected chi connectivity index (χ1v) is 15.3. The third kappa shape index (κ3) is 7.04. The van der Waals surface area contributed by atoms with E-state index in [0.717, 1.165) is 18.7 Å². The van der Waals surface area contributed by atoms with Crippen LogP contribution in [0.1, 0.15) is 34.1 Å². The highest BCUT2D eigenvalue weighted by Crippen LogP contribution is 2.38. The smallest absolute Gasteiger partial charge is 0.475 e. The summed E-state index contributed by atoms with van der Waals surface area (Å²) in [6.45, 7) is 10.4. The number of carboxylic acids is 1. The fourth-order valence-corrected chi connectivity index (χ4v) is 7.36. The van der Waals surface area contributed by atoms with Crippen molar-refractivity contribution in [2.45, 2.75) is 44.7 Å². The molecule has 1 N–H and O–H groups in total. The summed E-state index contributed by atoms with van der Waals surface area (Å²) in [6, 6.07) is 10.2. The molecule has 2 aliphatic heterocycles. The van der Waals surface area contributed by atoms with Crippen molar-refractivity contribution in [1.82, 2.24) is 19.3 Å². The molecule has 44 heavy (non-hydrogen) atoms. The number of pyridine rings is 1. The van der Waals surface area contributed by atoms with Gasteiger partial charge in [0, 0.05) is 63.3 Å². The van der Waals surface area contributed by atoms with Crippen LogP contribution in [0.3, 0.4) is 0 Å². The zero-order chi connectivity index (χ0) is 32.4. The number of piperazine rings is 1. The number of aryl methyl sites for hydroxylation is 4. The lowest BCUT2D eigenvalue weighted by molar-refractivity contribution is -0.192. The maximum Gasteiger partial charge on any atom is 0.490 e. The lowest BCUT2D eigenvalue weighted by Crippen LogP contribution is -2.51. The van der Waals surface area contributed by atoms with E-state index in [1.807, 2.05) is 17.0 Å². The minimum atomic E-state index is -5.08. The molecule has 238 valence electrons. The van der Waals surface area contributed by atoms with Crippen LogP contribution in [0, 0.1) is 33.6 Å². The number of carbonyl (C=O) groups excluding carboxylic acids is 1. The van der Waals surface area contributed by atoms with Gasteiger partial charge in [0.1, 0.15) is 10.6 Å². The van der Waals surface area contributed by atoms with E-state index >= 15 is 0 Å². The van der Waals surface area contributed by atoms with E-state index < -0.39 is 28.1 Å². The number of carboxylic acid groups (broad SMARTS) is 1. The van der Waals surface area contributed by atoms with Crippen LogP contribution in [0.2, 0.25) is 0 Å². The summed E-state index contributed by atoms with van der Waals surface area (Å²) < 4.78 is 65.5. The Morgan fingerprint density at radius 2 is 1.68 bits per heavy atom. The van der Waals surface area contributed by atoms with E-state index in [-0.39, 0.29) is 35.6 Å². The van der Waals surface area contributed by atoms with Gasteiger partial charge >= 0.3 is 12.1 Å². The second-order valence-electron chi connectivity index (χ2n) is 10.9. The highest BCUT2D eigenvalue weighted by molar-refractivity contribution is 7.89. The van der Waals surface area contributed by atoms with Crippen LogP contribution in [0.25, 0.3) is 0 Å². The van der Waals surface area contributed by atoms with Crippen LogP contribution < -0.4 is 4.90 Å². The van der Waals surface area contributed by atoms with Crippen LogP contribution in [0.4, 0.5) is 18.9 Å². The molecule has 1 amide bonds. The third-order valence-corrected chi connectivity index (χ3v) is 9.90. The number of aliphatic carboxylic acids is 1. The number of halogens is 3. The molecule has 3 aromatic rings. The van der Waals surface area contributed by atoms with Crippen molar-refractivity contribution in [3.05, 3.63) is 70.9 Å². The zero-order valence-electron chi connectivity index (χ0n) is 24.7. The van der Waals surface area contributed by atoms with Gasteiger partial charge in [0.25, 0.3) is 0 Å². The fourth-order valence-electron chi connectivity index (χ4n) is 5.58. The topological polar surface area (TPSA) is 137 Å². The Balaban J connectivity index is 0.000000566. The normalized spacial score (nSPS) is 19.4. The fraction of sp³-hybridized carbons (Fsp3) is 0.448. The Labute approximate surface area is 253 Å². The number of alkyl halides is 3. The second kappa shape index (κ2) is 12.9. The van der Waals surface area contributed by atoms with Crippen molar-refractivity contribution in [1.29, 1.82) is 0 Å². The number of amides is 1. The average Bonchev–Trinajstić information content (AvgIpc) is 3.58. The molecule has 1 aromatic carbocycles. The molecule has 2 aliphatic rings. The lowest BCUT2D eigenvalue weighted by atomic mass is 9.88. The largest absolute Gasteiger partial charge is 0.490 e. The van der Waals surface area contributed by atoms with Crippen LogP contribution in [0.5, 0.6) is 0 Å². The SMILES string of the molecule is Cc1ccc(C)c(N2CCN(C(=O)[C@@H]3CN(S(=O)(=O)c4c(C)noc4C)CC3c3cccnc3)CC2)c1.O=C(O)C(F)(F)F. The molecule has 11 nitrogen and oxygen atoms in total. The molecule has 0 bridgehead atoms. The summed E-state index contributed by atoms with van der Waals surface area (Å²) in [5, 5.41) is 11.0. The van der Waals surface area contributed by atoms with Gasteiger partial charge in [0.15, 0.2) is 5.76 Å². The van der Waals surface area contributed by atoms with Crippen molar-refractivity contribution < 1.29 is 40.8 Å². The molecule has 0 saturated carbocycles. The quantitative estimate of drug-likeness (QED) is 0.444. The first-order chi connectivity index (χ1) is 20.6. The molecule has 0 radical (unpaired) electrons. The molecule has 0 spiro atoms. The number of anilines is 1. The number of rotatable bonds is 5. The predicted molar refractivity (Wildman–Crippen MR) is 154 cm³/mol. The summed E-state index contributed by atoms with van der Waals surface area (Å²) in [5.41, 5.74) is 4.83. The van der Waals surface area contributed by atoms with Crippen LogP contribution in [-0.2, 0) is 19.6 Å². The summed E-state index contributed by atoms with van der Waals surface area (Å²) in [5.74, 6) is -3.29. The zero-order valence-corrected chi connectivity index (χ0v) is 25.5. The summed E-state index contributed by atoms with van der Waals surface area (Å²) >= 11 is 0. The van der Waals surface area contributed by atoms with Crippen molar-refractivity contribution in [3.8, 4) is 0 Å². The van der Waals surface area contributed by atoms with Gasteiger partial charge in [-0.25, -0.2) is 13.2 Å². The van der Waals surface area contributed by atoms with Gasteiger partial charge < -0.3 is 19.4 Å². The van der Waals surface area contributed by atoms with Crippen LogP contribution in [-0.4, -0.2) is 90.2 Å². The molecule has 1 unspecified atom stereocenters. The first-order valence-electron chi connectivity index (χ1n) is 13.8. The van der Waals surface area contributed by atoms with Gasteiger partial charge in [0.05, 0.1) is 5.92 Å². The minimum absolute atomic E-state index is 0.00840. The molecular formula is C29H34F3N5O6S. The number of hydrogen-bond acceptors (Lipinski definition) is 8. The Morgan fingerprint density at radius 3 is 2.23 bits per heavy atom. The molecule has 0 aliphatic carbocycles. The maximum absolute atomic E-state index is 13.9. The molecule has 2 aromatic heterocycles. The molecule has 4 heterocycles. The van der Waals surface area contributed by atoms with Crippen LogP contribution in [0.15, 0.2) is 52.1 Å². The van der Waals surface area contributed by atoms with E-state index in [1.54, 1.807) is 26.2 Å². The van der Waals surface area contributed by atoms with E-state index in [9.17, 15) is 26.4 Å². The van der Waals surface area contributed by atoms with Gasteiger partial charge in [-0.2, -0.15) is 17.5 Å². The molecule has 5 rings (SSSR count).